The lowest BCUT2D eigenvalue weighted by atomic mass is 10.1. The Balaban J connectivity index is 1.88. The van der Waals surface area contributed by atoms with Crippen LogP contribution in [-0.4, -0.2) is 9.04 Å². The van der Waals surface area contributed by atoms with Gasteiger partial charge >= 0.3 is 0 Å². The SMILES string of the molecule is C[C@H](O[Si](c1ccccc1)c1ccccc1)c1ccc(Cl)cc1. The smallest absolute Gasteiger partial charge is 0.283 e. The molecule has 0 saturated heterocycles. The second-order valence-corrected chi connectivity index (χ2v) is 7.86. The van der Waals surface area contributed by atoms with Crippen molar-refractivity contribution in [2.45, 2.75) is 13.0 Å². The maximum absolute atomic E-state index is 6.51. The highest BCUT2D eigenvalue weighted by atomic mass is 35.5. The number of rotatable bonds is 5. The summed E-state index contributed by atoms with van der Waals surface area (Å²) < 4.78 is 6.51. The Morgan fingerprint density at radius 1 is 0.739 bits per heavy atom. The van der Waals surface area contributed by atoms with Crippen LogP contribution in [0.1, 0.15) is 18.6 Å². The molecular formula is C20H18ClOSi. The molecule has 0 aliphatic carbocycles. The van der Waals surface area contributed by atoms with E-state index in [0.717, 1.165) is 10.6 Å². The lowest BCUT2D eigenvalue weighted by Gasteiger charge is -2.22. The first-order valence-corrected chi connectivity index (χ1v) is 9.42. The van der Waals surface area contributed by atoms with Crippen molar-refractivity contribution in [2.24, 2.45) is 0 Å². The van der Waals surface area contributed by atoms with Gasteiger partial charge in [0.15, 0.2) is 0 Å². The van der Waals surface area contributed by atoms with Crippen LogP contribution in [-0.2, 0) is 4.43 Å². The van der Waals surface area contributed by atoms with E-state index in [9.17, 15) is 0 Å². The zero-order valence-electron chi connectivity index (χ0n) is 12.9. The number of hydrogen-bond donors (Lipinski definition) is 0. The van der Waals surface area contributed by atoms with Gasteiger partial charge in [0.05, 0.1) is 6.10 Å². The Kier molecular flexibility index (Phi) is 5.29. The quantitative estimate of drug-likeness (QED) is 0.633. The average molecular weight is 338 g/mol. The third-order valence-corrected chi connectivity index (χ3v) is 6.26. The first kappa shape index (κ1) is 16.0. The minimum Gasteiger partial charge on any atom is -0.400 e. The minimum atomic E-state index is -1.29. The Morgan fingerprint density at radius 2 is 1.22 bits per heavy atom. The predicted octanol–water partition coefficient (Wildman–Crippen LogP) is 4.22. The highest BCUT2D eigenvalue weighted by molar-refractivity contribution is 6.80. The number of hydrogen-bond acceptors (Lipinski definition) is 1. The van der Waals surface area contributed by atoms with E-state index in [-0.39, 0.29) is 6.10 Å². The Morgan fingerprint density at radius 3 is 1.70 bits per heavy atom. The van der Waals surface area contributed by atoms with Gasteiger partial charge in [-0.05, 0) is 35.0 Å². The molecule has 0 amide bonds. The molecule has 115 valence electrons. The van der Waals surface area contributed by atoms with Gasteiger partial charge in [-0.2, -0.15) is 0 Å². The summed E-state index contributed by atoms with van der Waals surface area (Å²) in [4.78, 5) is 0. The van der Waals surface area contributed by atoms with E-state index in [1.807, 2.05) is 36.4 Å². The summed E-state index contributed by atoms with van der Waals surface area (Å²) in [6, 6.07) is 28.8. The lowest BCUT2D eigenvalue weighted by molar-refractivity contribution is 0.237. The van der Waals surface area contributed by atoms with Crippen molar-refractivity contribution in [3.63, 3.8) is 0 Å². The average Bonchev–Trinajstić information content (AvgIpc) is 2.61. The predicted molar refractivity (Wildman–Crippen MR) is 98.9 cm³/mol. The summed E-state index contributed by atoms with van der Waals surface area (Å²) in [5.41, 5.74) is 1.14. The van der Waals surface area contributed by atoms with Crippen molar-refractivity contribution in [1.29, 1.82) is 0 Å². The van der Waals surface area contributed by atoms with Crippen molar-refractivity contribution in [1.82, 2.24) is 0 Å². The monoisotopic (exact) mass is 337 g/mol. The van der Waals surface area contributed by atoms with Crippen LogP contribution in [0.4, 0.5) is 0 Å². The Hall–Kier alpha value is -1.87. The van der Waals surface area contributed by atoms with Crippen LogP contribution in [0, 0.1) is 0 Å². The zero-order chi connectivity index (χ0) is 16.1. The van der Waals surface area contributed by atoms with Gasteiger partial charge in [0.2, 0.25) is 0 Å². The molecule has 23 heavy (non-hydrogen) atoms. The van der Waals surface area contributed by atoms with Crippen LogP contribution < -0.4 is 10.4 Å². The number of benzene rings is 3. The van der Waals surface area contributed by atoms with Gasteiger partial charge in [0, 0.05) is 5.02 Å². The normalized spacial score (nSPS) is 12.3. The van der Waals surface area contributed by atoms with E-state index < -0.39 is 9.04 Å². The van der Waals surface area contributed by atoms with E-state index in [2.05, 4.69) is 55.5 Å². The molecule has 0 unspecified atom stereocenters. The van der Waals surface area contributed by atoms with Crippen molar-refractivity contribution < 1.29 is 4.43 Å². The summed E-state index contributed by atoms with van der Waals surface area (Å²) in [6.45, 7) is 2.10. The van der Waals surface area contributed by atoms with Crippen molar-refractivity contribution in [3.8, 4) is 0 Å². The summed E-state index contributed by atoms with van der Waals surface area (Å²) in [5, 5.41) is 3.26. The fourth-order valence-corrected chi connectivity index (χ4v) is 4.67. The molecule has 3 aromatic carbocycles. The second kappa shape index (κ2) is 7.60. The van der Waals surface area contributed by atoms with Crippen LogP contribution in [0.15, 0.2) is 84.9 Å². The molecule has 1 nitrogen and oxygen atoms in total. The maximum atomic E-state index is 6.51. The third kappa shape index (κ3) is 4.11. The molecule has 3 heteroatoms. The molecule has 0 bridgehead atoms. The number of halogens is 1. The summed E-state index contributed by atoms with van der Waals surface area (Å²) in [6.07, 6.45) is 0.0153. The molecule has 1 radical (unpaired) electrons. The van der Waals surface area contributed by atoms with Crippen molar-refractivity contribution in [3.05, 3.63) is 95.5 Å². The first-order valence-electron chi connectivity index (χ1n) is 7.64. The standard InChI is InChI=1S/C20H18ClOSi/c1-16(17-12-14-18(21)15-13-17)22-23(19-8-4-2-5-9-19)20-10-6-3-7-11-20/h2-16H,1H3/t16-/m0/s1. The molecule has 0 spiro atoms. The van der Waals surface area contributed by atoms with Crippen LogP contribution in [0.5, 0.6) is 0 Å². The van der Waals surface area contributed by atoms with Gasteiger partial charge in [0.25, 0.3) is 9.04 Å². The fourth-order valence-electron chi connectivity index (χ4n) is 2.46. The topological polar surface area (TPSA) is 9.23 Å². The Bertz CT molecular complexity index is 689. The van der Waals surface area contributed by atoms with Crippen LogP contribution in [0.2, 0.25) is 5.02 Å². The van der Waals surface area contributed by atoms with E-state index >= 15 is 0 Å². The van der Waals surface area contributed by atoms with E-state index in [0.29, 0.717) is 0 Å². The molecule has 3 rings (SSSR count). The summed E-state index contributed by atoms with van der Waals surface area (Å²) in [7, 11) is -1.29. The van der Waals surface area contributed by atoms with Gasteiger partial charge in [-0.25, -0.2) is 0 Å². The molecule has 1 atom stereocenters. The second-order valence-electron chi connectivity index (χ2n) is 5.37. The molecule has 0 aliphatic rings. The summed E-state index contributed by atoms with van der Waals surface area (Å²) >= 11 is 5.98. The highest BCUT2D eigenvalue weighted by Crippen LogP contribution is 2.20. The van der Waals surface area contributed by atoms with Gasteiger partial charge in [-0.1, -0.05) is 84.4 Å². The van der Waals surface area contributed by atoms with Crippen LogP contribution >= 0.6 is 11.6 Å². The Labute approximate surface area is 144 Å². The molecule has 3 aromatic rings. The third-order valence-electron chi connectivity index (χ3n) is 3.71. The molecule has 0 heterocycles. The maximum Gasteiger partial charge on any atom is 0.283 e. The van der Waals surface area contributed by atoms with Crippen LogP contribution in [0.25, 0.3) is 0 Å². The minimum absolute atomic E-state index is 0.0153. The van der Waals surface area contributed by atoms with Crippen molar-refractivity contribution >= 4 is 31.0 Å². The van der Waals surface area contributed by atoms with E-state index in [4.69, 9.17) is 16.0 Å². The molecular weight excluding hydrogens is 320 g/mol. The molecule has 0 aromatic heterocycles. The summed E-state index contributed by atoms with van der Waals surface area (Å²) in [5.74, 6) is 0. The lowest BCUT2D eigenvalue weighted by Crippen LogP contribution is -2.45. The van der Waals surface area contributed by atoms with Gasteiger partial charge in [0.1, 0.15) is 0 Å². The molecule has 0 N–H and O–H groups in total. The van der Waals surface area contributed by atoms with Crippen LogP contribution in [0.3, 0.4) is 0 Å². The first-order chi connectivity index (χ1) is 11.2. The largest absolute Gasteiger partial charge is 0.400 e. The van der Waals surface area contributed by atoms with E-state index in [1.165, 1.54) is 10.4 Å². The van der Waals surface area contributed by atoms with Crippen molar-refractivity contribution in [2.75, 3.05) is 0 Å². The van der Waals surface area contributed by atoms with Gasteiger partial charge in [-0.15, -0.1) is 0 Å². The zero-order valence-corrected chi connectivity index (χ0v) is 14.7. The molecule has 0 fully saturated rings. The van der Waals surface area contributed by atoms with E-state index in [1.54, 1.807) is 0 Å². The fraction of sp³-hybridized carbons (Fsp3) is 0.100. The van der Waals surface area contributed by atoms with Gasteiger partial charge in [-0.3, -0.25) is 0 Å². The van der Waals surface area contributed by atoms with Gasteiger partial charge < -0.3 is 4.43 Å². The molecule has 0 aliphatic heterocycles. The molecule has 0 saturated carbocycles. The highest BCUT2D eigenvalue weighted by Gasteiger charge is 2.22.